The monoisotopic (exact) mass is 445 g/mol. The zero-order valence-corrected chi connectivity index (χ0v) is 19.1. The zero-order valence-electron chi connectivity index (χ0n) is 19.1. The Morgan fingerprint density at radius 2 is 1.81 bits per heavy atom. The number of hydrogen-bond donors (Lipinski definition) is 0. The van der Waals surface area contributed by atoms with Gasteiger partial charge in [0.1, 0.15) is 12.4 Å². The summed E-state index contributed by atoms with van der Waals surface area (Å²) in [5, 5.41) is 0.994. The van der Waals surface area contributed by atoms with E-state index in [0.717, 1.165) is 42.2 Å². The van der Waals surface area contributed by atoms with E-state index in [1.807, 2.05) is 31.1 Å². The average molecular weight is 446 g/mol. The zero-order chi connectivity index (χ0) is 23.3. The van der Waals surface area contributed by atoms with Crippen LogP contribution in [0.1, 0.15) is 31.4 Å². The molecule has 2 aliphatic rings. The number of rotatable bonds is 7. The number of benzene rings is 1. The molecule has 1 aromatic rings. The number of esters is 1. The Balaban J connectivity index is 1.79. The second-order valence-corrected chi connectivity index (χ2v) is 8.55. The summed E-state index contributed by atoms with van der Waals surface area (Å²) in [7, 11) is 3.70. The van der Waals surface area contributed by atoms with E-state index in [1.54, 1.807) is 13.8 Å². The fourth-order valence-corrected chi connectivity index (χ4v) is 3.78. The van der Waals surface area contributed by atoms with Crippen LogP contribution in [0.4, 0.5) is 4.79 Å². The third kappa shape index (κ3) is 5.79. The maximum Gasteiger partial charge on any atom is 0.356 e. The standard InChI is InChI=1S/C23H31N3O6/c1-23(2)25(15-16-30-19-10-6-8-17-7-5-9-18(17)19)22(29)26(14-13-24(3)4)32-21(28)12-11-20(27)31-23/h6,8,10-12H,5,7,9,13-16H2,1-4H3/b12-11-. The number of nitrogens with zero attached hydrogens (tertiary/aromatic N) is 3. The quantitative estimate of drug-likeness (QED) is 0.594. The number of aryl methyl sites for hydroxylation is 1. The Bertz CT molecular complexity index is 896. The van der Waals surface area contributed by atoms with Gasteiger partial charge in [0.25, 0.3) is 0 Å². The second-order valence-electron chi connectivity index (χ2n) is 8.55. The van der Waals surface area contributed by atoms with E-state index < -0.39 is 23.7 Å². The summed E-state index contributed by atoms with van der Waals surface area (Å²) in [5.74, 6) is -0.764. The van der Waals surface area contributed by atoms with Gasteiger partial charge in [-0.2, -0.15) is 5.06 Å². The molecule has 32 heavy (non-hydrogen) atoms. The van der Waals surface area contributed by atoms with Gasteiger partial charge in [-0.1, -0.05) is 12.1 Å². The number of cyclic esters (lactones) is 1. The highest BCUT2D eigenvalue weighted by molar-refractivity contribution is 5.92. The first-order valence-electron chi connectivity index (χ1n) is 10.8. The Hall–Kier alpha value is -3.07. The minimum absolute atomic E-state index is 0.127. The number of carbonyl (C=O) groups excluding carboxylic acids is 3. The maximum atomic E-state index is 13.4. The van der Waals surface area contributed by atoms with Crippen LogP contribution >= 0.6 is 0 Å². The first-order valence-corrected chi connectivity index (χ1v) is 10.8. The first-order chi connectivity index (χ1) is 15.2. The molecule has 0 saturated heterocycles. The molecule has 3 rings (SSSR count). The van der Waals surface area contributed by atoms with Crippen LogP contribution in [-0.2, 0) is 32.0 Å². The number of hydroxylamine groups is 2. The molecule has 0 unspecified atom stereocenters. The van der Waals surface area contributed by atoms with Crippen molar-refractivity contribution >= 4 is 18.0 Å². The lowest BCUT2D eigenvalue weighted by Gasteiger charge is -2.40. The van der Waals surface area contributed by atoms with Crippen LogP contribution in [0.25, 0.3) is 0 Å². The van der Waals surface area contributed by atoms with Gasteiger partial charge in [0.15, 0.2) is 5.72 Å². The van der Waals surface area contributed by atoms with Crippen molar-refractivity contribution in [2.45, 2.75) is 38.8 Å². The molecule has 0 atom stereocenters. The Kier molecular flexibility index (Phi) is 7.40. The van der Waals surface area contributed by atoms with E-state index in [2.05, 4.69) is 6.07 Å². The molecule has 0 fully saturated rings. The van der Waals surface area contributed by atoms with Crippen LogP contribution in [0.5, 0.6) is 5.75 Å². The molecule has 0 aromatic heterocycles. The lowest BCUT2D eigenvalue weighted by atomic mass is 10.1. The molecule has 2 amide bonds. The predicted molar refractivity (Wildman–Crippen MR) is 117 cm³/mol. The van der Waals surface area contributed by atoms with E-state index in [4.69, 9.17) is 14.3 Å². The Morgan fingerprint density at radius 3 is 2.56 bits per heavy atom. The number of fused-ring (bicyclic) bond motifs is 1. The lowest BCUT2D eigenvalue weighted by Crippen LogP contribution is -2.57. The molecule has 1 aliphatic heterocycles. The van der Waals surface area contributed by atoms with Gasteiger partial charge in [-0.05, 0) is 64.4 Å². The third-order valence-corrected chi connectivity index (χ3v) is 5.43. The number of ether oxygens (including phenoxy) is 2. The van der Waals surface area contributed by atoms with Crippen molar-refractivity contribution in [3.05, 3.63) is 41.5 Å². The molecule has 0 saturated carbocycles. The van der Waals surface area contributed by atoms with E-state index >= 15 is 0 Å². The van der Waals surface area contributed by atoms with Gasteiger partial charge in [-0.3, -0.25) is 4.90 Å². The van der Waals surface area contributed by atoms with Crippen LogP contribution in [0.3, 0.4) is 0 Å². The van der Waals surface area contributed by atoms with Crippen LogP contribution in [0, 0.1) is 0 Å². The van der Waals surface area contributed by atoms with Crippen molar-refractivity contribution in [1.82, 2.24) is 14.9 Å². The minimum atomic E-state index is -1.29. The fourth-order valence-electron chi connectivity index (χ4n) is 3.78. The molecule has 9 nitrogen and oxygen atoms in total. The van der Waals surface area contributed by atoms with Crippen molar-refractivity contribution in [3.63, 3.8) is 0 Å². The number of likely N-dealkylation sites (N-methyl/N-ethyl adjacent to an activating group) is 1. The van der Waals surface area contributed by atoms with Crippen molar-refractivity contribution in [3.8, 4) is 5.75 Å². The largest absolute Gasteiger partial charge is 0.491 e. The van der Waals surface area contributed by atoms with Gasteiger partial charge in [-0.25, -0.2) is 14.4 Å². The molecule has 1 heterocycles. The predicted octanol–water partition coefficient (Wildman–Crippen LogP) is 2.15. The minimum Gasteiger partial charge on any atom is -0.491 e. The molecule has 0 spiro atoms. The summed E-state index contributed by atoms with van der Waals surface area (Å²) in [4.78, 5) is 46.0. The molecule has 0 bridgehead atoms. The van der Waals surface area contributed by atoms with Gasteiger partial charge in [0.05, 0.1) is 13.1 Å². The first kappa shape index (κ1) is 23.6. The maximum absolute atomic E-state index is 13.4. The molecular weight excluding hydrogens is 414 g/mol. The van der Waals surface area contributed by atoms with Gasteiger partial charge in [-0.15, -0.1) is 0 Å². The van der Waals surface area contributed by atoms with E-state index in [1.165, 1.54) is 16.0 Å². The highest BCUT2D eigenvalue weighted by Crippen LogP contribution is 2.30. The van der Waals surface area contributed by atoms with E-state index in [0.29, 0.717) is 6.54 Å². The highest BCUT2D eigenvalue weighted by Gasteiger charge is 2.38. The summed E-state index contributed by atoms with van der Waals surface area (Å²) in [6, 6.07) is 5.41. The van der Waals surface area contributed by atoms with Gasteiger partial charge in [0, 0.05) is 18.7 Å². The van der Waals surface area contributed by atoms with Gasteiger partial charge >= 0.3 is 18.0 Å². The molecule has 0 N–H and O–H groups in total. The van der Waals surface area contributed by atoms with Crippen molar-refractivity contribution in [1.29, 1.82) is 0 Å². The average Bonchev–Trinajstić information content (AvgIpc) is 3.20. The smallest absolute Gasteiger partial charge is 0.356 e. The number of carbonyl (C=O) groups is 3. The molecule has 0 radical (unpaired) electrons. The Labute approximate surface area is 188 Å². The van der Waals surface area contributed by atoms with Crippen LogP contribution in [-0.4, -0.2) is 78.9 Å². The van der Waals surface area contributed by atoms with Crippen LogP contribution in [0.15, 0.2) is 30.4 Å². The molecular formula is C23H31N3O6. The second kappa shape index (κ2) is 10.0. The summed E-state index contributed by atoms with van der Waals surface area (Å²) in [6.07, 6.45) is 5.05. The molecule has 174 valence electrons. The Morgan fingerprint density at radius 1 is 1.06 bits per heavy atom. The summed E-state index contributed by atoms with van der Waals surface area (Å²) in [5.41, 5.74) is 1.21. The van der Waals surface area contributed by atoms with Crippen molar-refractivity contribution < 1.29 is 28.7 Å². The molecule has 1 aliphatic carbocycles. The van der Waals surface area contributed by atoms with Crippen molar-refractivity contribution in [2.75, 3.05) is 40.3 Å². The number of urea groups is 1. The third-order valence-electron chi connectivity index (χ3n) is 5.43. The highest BCUT2D eigenvalue weighted by atomic mass is 16.7. The number of hydrogen-bond acceptors (Lipinski definition) is 7. The van der Waals surface area contributed by atoms with E-state index in [9.17, 15) is 14.4 Å². The van der Waals surface area contributed by atoms with Gasteiger partial charge < -0.3 is 19.2 Å². The number of amides is 2. The topological polar surface area (TPSA) is 88.6 Å². The van der Waals surface area contributed by atoms with E-state index in [-0.39, 0.29) is 19.7 Å². The van der Waals surface area contributed by atoms with Crippen LogP contribution < -0.4 is 4.74 Å². The van der Waals surface area contributed by atoms with Gasteiger partial charge in [0.2, 0.25) is 0 Å². The summed E-state index contributed by atoms with van der Waals surface area (Å²) in [6.45, 7) is 4.17. The fraction of sp³-hybridized carbons (Fsp3) is 0.522. The normalized spacial score (nSPS) is 19.5. The molecule has 1 aromatic carbocycles. The van der Waals surface area contributed by atoms with Crippen molar-refractivity contribution in [2.24, 2.45) is 0 Å². The SMILES string of the molecule is CN(C)CCN1OC(=O)/C=C\C(=O)OC(C)(C)N(CCOc2cccc3c2CCC3)C1=O. The lowest BCUT2D eigenvalue weighted by molar-refractivity contribution is -0.187. The van der Waals surface area contributed by atoms with Crippen LogP contribution in [0.2, 0.25) is 0 Å². The molecule has 9 heteroatoms. The summed E-state index contributed by atoms with van der Waals surface area (Å²) < 4.78 is 11.5. The summed E-state index contributed by atoms with van der Waals surface area (Å²) >= 11 is 0.